The molecule has 0 bridgehead atoms. The highest BCUT2D eigenvalue weighted by Crippen LogP contribution is 2.26. The predicted octanol–water partition coefficient (Wildman–Crippen LogP) is 3.34. The van der Waals surface area contributed by atoms with Crippen molar-refractivity contribution in [3.8, 4) is 0 Å². The van der Waals surface area contributed by atoms with Gasteiger partial charge in [0, 0.05) is 0 Å². The molecule has 0 spiro atoms. The van der Waals surface area contributed by atoms with Gasteiger partial charge in [-0.15, -0.1) is 0 Å². The van der Waals surface area contributed by atoms with Crippen LogP contribution in [0.2, 0.25) is 10.0 Å². The Morgan fingerprint density at radius 2 is 2.00 bits per heavy atom. The fourth-order valence-corrected chi connectivity index (χ4v) is 1.15. The third kappa shape index (κ3) is 2.54. The van der Waals surface area contributed by atoms with Crippen molar-refractivity contribution in [2.45, 2.75) is 0 Å². The summed E-state index contributed by atoms with van der Waals surface area (Å²) in [6, 6.07) is 2.68. The largest absolute Gasteiger partial charge is 0.299 e. The Hall–Kier alpha value is -0.860. The summed E-state index contributed by atoms with van der Waals surface area (Å²) in [7, 11) is 0. The number of benzene rings is 1. The van der Waals surface area contributed by atoms with Crippen molar-refractivity contribution < 1.29 is 9.18 Å². The van der Waals surface area contributed by atoms with Crippen LogP contribution in [-0.2, 0) is 4.79 Å². The van der Waals surface area contributed by atoms with Crippen molar-refractivity contribution in [1.29, 1.82) is 0 Å². The lowest BCUT2D eigenvalue weighted by Crippen LogP contribution is -1.81. The summed E-state index contributed by atoms with van der Waals surface area (Å²) in [6.45, 7) is 0. The van der Waals surface area contributed by atoms with Gasteiger partial charge in [-0.2, -0.15) is 0 Å². The highest BCUT2D eigenvalue weighted by Gasteiger charge is 2.05. The number of hydrogen-bond donors (Lipinski definition) is 0. The van der Waals surface area contributed by atoms with E-state index in [1.165, 1.54) is 24.3 Å². The van der Waals surface area contributed by atoms with Crippen molar-refractivity contribution in [1.82, 2.24) is 0 Å². The van der Waals surface area contributed by atoms with Crippen LogP contribution in [0.1, 0.15) is 5.56 Å². The van der Waals surface area contributed by atoms with Gasteiger partial charge in [-0.25, -0.2) is 4.39 Å². The van der Waals surface area contributed by atoms with E-state index in [-0.39, 0.29) is 10.0 Å². The smallest absolute Gasteiger partial charge is 0.143 e. The topological polar surface area (TPSA) is 17.1 Å². The minimum atomic E-state index is -0.597. The van der Waals surface area contributed by atoms with Crippen molar-refractivity contribution in [3.63, 3.8) is 0 Å². The van der Waals surface area contributed by atoms with E-state index in [4.69, 9.17) is 23.2 Å². The Labute approximate surface area is 84.8 Å². The first-order valence-corrected chi connectivity index (χ1v) is 4.17. The molecule has 68 valence electrons. The molecule has 0 saturated heterocycles. The molecule has 0 saturated carbocycles. The first-order chi connectivity index (χ1) is 6.15. The molecule has 0 atom stereocenters. The molecule has 1 aromatic carbocycles. The van der Waals surface area contributed by atoms with Gasteiger partial charge in [0.1, 0.15) is 12.1 Å². The number of aldehydes is 1. The number of carbonyl (C=O) groups is 1. The van der Waals surface area contributed by atoms with Gasteiger partial charge >= 0.3 is 0 Å². The van der Waals surface area contributed by atoms with Crippen LogP contribution in [0, 0.1) is 5.82 Å². The van der Waals surface area contributed by atoms with Gasteiger partial charge in [0.05, 0.1) is 10.0 Å². The standard InChI is InChI=1S/C9H5Cl2FO/c10-7-4-6(2-1-3-13)5-8(12)9(7)11/h1-5H. The Balaban J connectivity index is 3.12. The van der Waals surface area contributed by atoms with E-state index in [9.17, 15) is 9.18 Å². The third-order valence-electron chi connectivity index (χ3n) is 1.37. The fourth-order valence-electron chi connectivity index (χ4n) is 0.822. The maximum Gasteiger partial charge on any atom is 0.143 e. The fraction of sp³-hybridized carbons (Fsp3) is 0. The summed E-state index contributed by atoms with van der Waals surface area (Å²) >= 11 is 11.1. The summed E-state index contributed by atoms with van der Waals surface area (Å²) in [4.78, 5) is 9.98. The monoisotopic (exact) mass is 218 g/mol. The minimum absolute atomic E-state index is 0.107. The average Bonchev–Trinajstić information content (AvgIpc) is 2.10. The van der Waals surface area contributed by atoms with E-state index in [0.29, 0.717) is 11.8 Å². The van der Waals surface area contributed by atoms with Gasteiger partial charge in [-0.3, -0.25) is 4.79 Å². The van der Waals surface area contributed by atoms with Crippen LogP contribution in [0.4, 0.5) is 4.39 Å². The lowest BCUT2D eigenvalue weighted by molar-refractivity contribution is -0.104. The minimum Gasteiger partial charge on any atom is -0.299 e. The second-order valence-electron chi connectivity index (χ2n) is 2.29. The van der Waals surface area contributed by atoms with Gasteiger partial charge in [0.25, 0.3) is 0 Å². The van der Waals surface area contributed by atoms with Crippen LogP contribution in [-0.4, -0.2) is 6.29 Å². The van der Waals surface area contributed by atoms with Crippen molar-refractivity contribution in [2.75, 3.05) is 0 Å². The summed E-state index contributed by atoms with van der Waals surface area (Å²) in [6.07, 6.45) is 3.29. The lowest BCUT2D eigenvalue weighted by atomic mass is 10.2. The molecular formula is C9H5Cl2FO. The highest BCUT2D eigenvalue weighted by atomic mass is 35.5. The third-order valence-corrected chi connectivity index (χ3v) is 2.15. The summed E-state index contributed by atoms with van der Waals surface area (Å²) in [5, 5.41) is 0.0251. The van der Waals surface area contributed by atoms with Gasteiger partial charge in [0.2, 0.25) is 0 Å². The molecule has 0 aliphatic rings. The van der Waals surface area contributed by atoms with Gasteiger partial charge in [0.15, 0.2) is 0 Å². The zero-order valence-corrected chi connectivity index (χ0v) is 7.94. The molecule has 0 heterocycles. The molecule has 0 N–H and O–H groups in total. The van der Waals surface area contributed by atoms with Crippen LogP contribution in [0.15, 0.2) is 18.2 Å². The van der Waals surface area contributed by atoms with Crippen molar-refractivity contribution in [2.24, 2.45) is 0 Å². The first-order valence-electron chi connectivity index (χ1n) is 3.41. The summed E-state index contributed by atoms with van der Waals surface area (Å²) in [5.74, 6) is -0.597. The van der Waals surface area contributed by atoms with Crippen LogP contribution >= 0.6 is 23.2 Å². The van der Waals surface area contributed by atoms with Gasteiger partial charge < -0.3 is 0 Å². The Morgan fingerprint density at radius 1 is 1.31 bits per heavy atom. The SMILES string of the molecule is O=CC=Cc1cc(F)c(Cl)c(Cl)c1. The summed E-state index contributed by atoms with van der Waals surface area (Å²) < 4.78 is 12.9. The van der Waals surface area contributed by atoms with Crippen LogP contribution in [0.25, 0.3) is 6.08 Å². The number of halogens is 3. The van der Waals surface area contributed by atoms with E-state index in [1.54, 1.807) is 0 Å². The first kappa shape index (κ1) is 10.2. The summed E-state index contributed by atoms with van der Waals surface area (Å²) in [5.41, 5.74) is 0.499. The molecule has 0 aliphatic carbocycles. The zero-order chi connectivity index (χ0) is 9.84. The molecule has 4 heteroatoms. The molecule has 13 heavy (non-hydrogen) atoms. The van der Waals surface area contributed by atoms with E-state index in [2.05, 4.69) is 0 Å². The number of rotatable bonds is 2. The van der Waals surface area contributed by atoms with Crippen LogP contribution < -0.4 is 0 Å². The molecule has 1 rings (SSSR count). The number of allylic oxidation sites excluding steroid dienone is 1. The average molecular weight is 219 g/mol. The molecule has 0 amide bonds. The predicted molar refractivity (Wildman–Crippen MR) is 51.5 cm³/mol. The van der Waals surface area contributed by atoms with Crippen LogP contribution in [0.3, 0.4) is 0 Å². The van der Waals surface area contributed by atoms with E-state index >= 15 is 0 Å². The number of hydrogen-bond acceptors (Lipinski definition) is 1. The van der Waals surface area contributed by atoms with E-state index in [1.807, 2.05) is 0 Å². The molecule has 0 radical (unpaired) electrons. The lowest BCUT2D eigenvalue weighted by Gasteiger charge is -1.99. The quantitative estimate of drug-likeness (QED) is 0.423. The number of carbonyl (C=O) groups excluding carboxylic acids is 1. The van der Waals surface area contributed by atoms with Crippen molar-refractivity contribution >= 4 is 35.6 Å². The highest BCUT2D eigenvalue weighted by molar-refractivity contribution is 6.42. The second-order valence-corrected chi connectivity index (χ2v) is 3.08. The molecule has 0 unspecified atom stereocenters. The molecule has 0 fully saturated rings. The van der Waals surface area contributed by atoms with Crippen molar-refractivity contribution in [3.05, 3.63) is 39.6 Å². The van der Waals surface area contributed by atoms with Gasteiger partial charge in [-0.05, 0) is 23.8 Å². The van der Waals surface area contributed by atoms with E-state index in [0.717, 1.165) is 0 Å². The molecular weight excluding hydrogens is 214 g/mol. The maximum absolute atomic E-state index is 12.9. The Morgan fingerprint density at radius 3 is 2.54 bits per heavy atom. The maximum atomic E-state index is 12.9. The second kappa shape index (κ2) is 4.40. The normalized spacial score (nSPS) is 10.7. The van der Waals surface area contributed by atoms with Crippen LogP contribution in [0.5, 0.6) is 0 Å². The molecule has 0 aliphatic heterocycles. The molecule has 0 aromatic heterocycles. The van der Waals surface area contributed by atoms with E-state index < -0.39 is 5.82 Å². The zero-order valence-electron chi connectivity index (χ0n) is 6.43. The Kier molecular flexibility index (Phi) is 3.46. The molecule has 1 aromatic rings. The Bertz CT molecular complexity index is 338. The molecule has 1 nitrogen and oxygen atoms in total. The van der Waals surface area contributed by atoms with Gasteiger partial charge in [-0.1, -0.05) is 29.3 Å².